The number of anilines is 1. The molecule has 0 amide bonds. The van der Waals surface area contributed by atoms with Gasteiger partial charge >= 0.3 is 0 Å². The van der Waals surface area contributed by atoms with Crippen LogP contribution in [0.1, 0.15) is 12.6 Å². The minimum absolute atomic E-state index is 0.855. The highest BCUT2D eigenvalue weighted by molar-refractivity contribution is 5.26. The molecule has 16 heavy (non-hydrogen) atoms. The molecule has 0 aromatic carbocycles. The standard InChI is InChI=1S/C12H16N4/c1-2-16-10-9-15-12(16)14-8-6-11-5-3-4-7-13-11/h3-5,7,9-10H,2,6,8H2,1H3,(H,14,15). The lowest BCUT2D eigenvalue weighted by molar-refractivity contribution is 0.761. The Morgan fingerprint density at radius 3 is 2.94 bits per heavy atom. The van der Waals surface area contributed by atoms with Gasteiger partial charge in [-0.1, -0.05) is 6.07 Å². The van der Waals surface area contributed by atoms with Crippen molar-refractivity contribution in [2.45, 2.75) is 19.9 Å². The predicted octanol–water partition coefficient (Wildman–Crippen LogP) is 1.95. The van der Waals surface area contributed by atoms with Gasteiger partial charge in [0, 0.05) is 43.8 Å². The van der Waals surface area contributed by atoms with Crippen molar-refractivity contribution in [3.8, 4) is 0 Å². The minimum Gasteiger partial charge on any atom is -0.355 e. The van der Waals surface area contributed by atoms with Crippen LogP contribution in [0.15, 0.2) is 36.8 Å². The van der Waals surface area contributed by atoms with Gasteiger partial charge in [0.1, 0.15) is 0 Å². The summed E-state index contributed by atoms with van der Waals surface area (Å²) in [5, 5.41) is 3.30. The van der Waals surface area contributed by atoms with Crippen molar-refractivity contribution in [2.24, 2.45) is 0 Å². The SMILES string of the molecule is CCn1ccnc1NCCc1ccccn1. The van der Waals surface area contributed by atoms with Crippen molar-refractivity contribution < 1.29 is 0 Å². The second kappa shape index (κ2) is 5.30. The van der Waals surface area contributed by atoms with Crippen LogP contribution in [0.25, 0.3) is 0 Å². The van der Waals surface area contributed by atoms with Gasteiger partial charge in [-0.3, -0.25) is 4.98 Å². The van der Waals surface area contributed by atoms with Crippen molar-refractivity contribution in [2.75, 3.05) is 11.9 Å². The summed E-state index contributed by atoms with van der Waals surface area (Å²) < 4.78 is 2.08. The number of nitrogens with one attached hydrogen (secondary N) is 1. The monoisotopic (exact) mass is 216 g/mol. The molecule has 4 nitrogen and oxygen atoms in total. The fourth-order valence-electron chi connectivity index (χ4n) is 1.58. The van der Waals surface area contributed by atoms with Gasteiger partial charge in [0.25, 0.3) is 0 Å². The molecule has 0 spiro atoms. The average molecular weight is 216 g/mol. The Morgan fingerprint density at radius 2 is 2.19 bits per heavy atom. The van der Waals surface area contributed by atoms with Crippen LogP contribution in [-0.2, 0) is 13.0 Å². The smallest absolute Gasteiger partial charge is 0.202 e. The maximum atomic E-state index is 4.27. The summed E-state index contributed by atoms with van der Waals surface area (Å²) in [7, 11) is 0. The van der Waals surface area contributed by atoms with Gasteiger partial charge in [0.15, 0.2) is 0 Å². The molecule has 0 aliphatic rings. The Bertz CT molecular complexity index is 422. The minimum atomic E-state index is 0.855. The van der Waals surface area contributed by atoms with E-state index in [-0.39, 0.29) is 0 Å². The van der Waals surface area contributed by atoms with Gasteiger partial charge in [-0.15, -0.1) is 0 Å². The molecule has 0 aliphatic carbocycles. The Morgan fingerprint density at radius 1 is 1.25 bits per heavy atom. The van der Waals surface area contributed by atoms with Crippen molar-refractivity contribution >= 4 is 5.95 Å². The maximum absolute atomic E-state index is 4.27. The predicted molar refractivity (Wildman–Crippen MR) is 64.3 cm³/mol. The molecule has 0 aliphatic heterocycles. The number of hydrogen-bond acceptors (Lipinski definition) is 3. The third-order valence-electron chi connectivity index (χ3n) is 2.45. The first-order chi connectivity index (χ1) is 7.90. The van der Waals surface area contributed by atoms with E-state index in [1.165, 1.54) is 0 Å². The second-order valence-electron chi connectivity index (χ2n) is 3.53. The lowest BCUT2D eigenvalue weighted by atomic mass is 10.3. The largest absolute Gasteiger partial charge is 0.355 e. The van der Waals surface area contributed by atoms with E-state index in [2.05, 4.69) is 26.8 Å². The van der Waals surface area contributed by atoms with E-state index >= 15 is 0 Å². The Hall–Kier alpha value is -1.84. The molecule has 2 aromatic rings. The fourth-order valence-corrected chi connectivity index (χ4v) is 1.58. The van der Waals surface area contributed by atoms with Crippen LogP contribution in [0.2, 0.25) is 0 Å². The van der Waals surface area contributed by atoms with Gasteiger partial charge in [-0.05, 0) is 19.1 Å². The number of nitrogens with zero attached hydrogens (tertiary/aromatic N) is 3. The summed E-state index contributed by atoms with van der Waals surface area (Å²) in [6.45, 7) is 3.89. The first kappa shape index (κ1) is 10.7. The molecular formula is C12H16N4. The Labute approximate surface area is 95.4 Å². The molecule has 2 heterocycles. The van der Waals surface area contributed by atoms with Crippen LogP contribution in [-0.4, -0.2) is 21.1 Å². The van der Waals surface area contributed by atoms with Crippen molar-refractivity contribution in [3.05, 3.63) is 42.5 Å². The van der Waals surface area contributed by atoms with Gasteiger partial charge in [-0.2, -0.15) is 0 Å². The molecule has 0 atom stereocenters. The van der Waals surface area contributed by atoms with Crippen LogP contribution < -0.4 is 5.32 Å². The van der Waals surface area contributed by atoms with E-state index in [9.17, 15) is 0 Å². The molecule has 2 aromatic heterocycles. The molecule has 1 N–H and O–H groups in total. The van der Waals surface area contributed by atoms with Gasteiger partial charge in [0.2, 0.25) is 5.95 Å². The van der Waals surface area contributed by atoms with Crippen LogP contribution in [0.3, 0.4) is 0 Å². The lowest BCUT2D eigenvalue weighted by Gasteiger charge is -2.07. The number of hydrogen-bond donors (Lipinski definition) is 1. The summed E-state index contributed by atoms with van der Waals surface area (Å²) in [5.74, 6) is 0.929. The molecule has 0 fully saturated rings. The van der Waals surface area contributed by atoms with E-state index in [1.807, 2.05) is 36.8 Å². The van der Waals surface area contributed by atoms with E-state index < -0.39 is 0 Å². The summed E-state index contributed by atoms with van der Waals surface area (Å²) in [5.41, 5.74) is 1.10. The van der Waals surface area contributed by atoms with E-state index in [0.29, 0.717) is 0 Å². The highest BCUT2D eigenvalue weighted by Gasteiger charge is 1.99. The Kier molecular flexibility index (Phi) is 3.53. The van der Waals surface area contributed by atoms with Gasteiger partial charge in [-0.25, -0.2) is 4.98 Å². The zero-order chi connectivity index (χ0) is 11.2. The van der Waals surface area contributed by atoms with E-state index in [4.69, 9.17) is 0 Å². The molecule has 0 saturated heterocycles. The summed E-state index contributed by atoms with van der Waals surface area (Å²) in [4.78, 5) is 8.52. The summed E-state index contributed by atoms with van der Waals surface area (Å²) in [6.07, 6.45) is 6.52. The third kappa shape index (κ3) is 2.59. The van der Waals surface area contributed by atoms with Gasteiger partial charge in [0.05, 0.1) is 0 Å². The number of pyridine rings is 1. The highest BCUT2D eigenvalue weighted by atomic mass is 15.2. The fraction of sp³-hybridized carbons (Fsp3) is 0.333. The molecule has 0 unspecified atom stereocenters. The summed E-state index contributed by atoms with van der Waals surface area (Å²) >= 11 is 0. The zero-order valence-corrected chi connectivity index (χ0v) is 9.43. The highest BCUT2D eigenvalue weighted by Crippen LogP contribution is 2.03. The molecule has 0 saturated carbocycles. The molecule has 0 radical (unpaired) electrons. The van der Waals surface area contributed by atoms with Crippen LogP contribution in [0.5, 0.6) is 0 Å². The topological polar surface area (TPSA) is 42.7 Å². The molecule has 84 valence electrons. The van der Waals surface area contributed by atoms with E-state index in [1.54, 1.807) is 0 Å². The molecular weight excluding hydrogens is 200 g/mol. The van der Waals surface area contributed by atoms with Crippen LogP contribution in [0.4, 0.5) is 5.95 Å². The van der Waals surface area contributed by atoms with Crippen LogP contribution >= 0.6 is 0 Å². The lowest BCUT2D eigenvalue weighted by Crippen LogP contribution is -2.10. The number of rotatable bonds is 5. The quantitative estimate of drug-likeness (QED) is 0.830. The number of aryl methyl sites for hydroxylation is 1. The molecule has 4 heteroatoms. The second-order valence-corrected chi connectivity index (χ2v) is 3.53. The van der Waals surface area contributed by atoms with Gasteiger partial charge < -0.3 is 9.88 Å². The average Bonchev–Trinajstić information content (AvgIpc) is 2.78. The van der Waals surface area contributed by atoms with Crippen molar-refractivity contribution in [3.63, 3.8) is 0 Å². The first-order valence-corrected chi connectivity index (χ1v) is 5.55. The van der Waals surface area contributed by atoms with Crippen molar-refractivity contribution in [1.82, 2.24) is 14.5 Å². The molecule has 0 bridgehead atoms. The third-order valence-corrected chi connectivity index (χ3v) is 2.45. The van der Waals surface area contributed by atoms with Crippen LogP contribution in [0, 0.1) is 0 Å². The number of aromatic nitrogens is 3. The Balaban J connectivity index is 1.85. The van der Waals surface area contributed by atoms with Crippen molar-refractivity contribution in [1.29, 1.82) is 0 Å². The summed E-state index contributed by atoms with van der Waals surface area (Å²) in [6, 6.07) is 5.98. The van der Waals surface area contributed by atoms with E-state index in [0.717, 1.165) is 31.2 Å². The molecule has 2 rings (SSSR count). The zero-order valence-electron chi connectivity index (χ0n) is 9.43. The number of imidazole rings is 1. The maximum Gasteiger partial charge on any atom is 0.202 e. The normalized spacial score (nSPS) is 10.3. The first-order valence-electron chi connectivity index (χ1n) is 5.55.